The molecule has 10 nitrogen and oxygen atoms in total. The van der Waals surface area contributed by atoms with Gasteiger partial charge in [-0.05, 0) is 94.7 Å². The molecule has 1 saturated carbocycles. The maximum Gasteiger partial charge on any atom is 0.410 e. The quantitative estimate of drug-likeness (QED) is 0.151. The van der Waals surface area contributed by atoms with Crippen LogP contribution in [0.15, 0.2) is 42.7 Å². The fourth-order valence-corrected chi connectivity index (χ4v) is 7.13. The average molecular weight is 762 g/mol. The number of ether oxygens (including phenoxy) is 4. The highest BCUT2D eigenvalue weighted by atomic mass is 35.5. The van der Waals surface area contributed by atoms with E-state index in [1.54, 1.807) is 42.6 Å². The van der Waals surface area contributed by atoms with E-state index in [2.05, 4.69) is 9.97 Å². The molecule has 1 aliphatic heterocycles. The SMILES string of the molecule is COCCCc1cc(CN(C(=O)[C@H]2CN(C(=O)OC(C)(C)C)CC[C@@H]2c2ccc(OCCOc3c(Cl)cc(C)cc3Cl)nc2)C2CC2)c(Cl)cn1. The number of benzene rings is 1. The molecule has 1 saturated heterocycles. The van der Waals surface area contributed by atoms with Gasteiger partial charge in [0.15, 0.2) is 5.75 Å². The van der Waals surface area contributed by atoms with Gasteiger partial charge in [0.2, 0.25) is 11.8 Å². The van der Waals surface area contributed by atoms with Crippen molar-refractivity contribution in [3.8, 4) is 11.6 Å². The number of amides is 2. The number of pyridine rings is 2. The van der Waals surface area contributed by atoms with Crippen LogP contribution >= 0.6 is 34.8 Å². The Bertz CT molecular complexity index is 1640. The van der Waals surface area contributed by atoms with Crippen LogP contribution in [0, 0.1) is 12.8 Å². The first-order valence-corrected chi connectivity index (χ1v) is 18.5. The van der Waals surface area contributed by atoms with Gasteiger partial charge in [-0.3, -0.25) is 9.78 Å². The number of likely N-dealkylation sites (tertiary alicyclic amines) is 1. The van der Waals surface area contributed by atoms with Crippen molar-refractivity contribution in [2.24, 2.45) is 5.92 Å². The highest BCUT2D eigenvalue weighted by Gasteiger charge is 2.43. The van der Waals surface area contributed by atoms with E-state index < -0.39 is 17.6 Å². The first-order valence-electron chi connectivity index (χ1n) is 17.4. The van der Waals surface area contributed by atoms with Gasteiger partial charge in [0, 0.05) is 69.5 Å². The van der Waals surface area contributed by atoms with Gasteiger partial charge in [0.05, 0.1) is 21.0 Å². The van der Waals surface area contributed by atoms with Crippen LogP contribution in [0.4, 0.5) is 4.79 Å². The van der Waals surface area contributed by atoms with Crippen molar-refractivity contribution in [3.63, 3.8) is 0 Å². The minimum absolute atomic E-state index is 0.0181. The fraction of sp³-hybridized carbons (Fsp3) is 0.526. The molecule has 2 fully saturated rings. The molecular formula is C38H47Cl3N4O6. The van der Waals surface area contributed by atoms with E-state index in [1.165, 1.54) is 0 Å². The van der Waals surface area contributed by atoms with Crippen molar-refractivity contribution in [1.82, 2.24) is 19.8 Å². The molecule has 2 aromatic heterocycles. The predicted octanol–water partition coefficient (Wildman–Crippen LogP) is 8.31. The molecule has 2 amide bonds. The average Bonchev–Trinajstić information content (AvgIpc) is 3.92. The summed E-state index contributed by atoms with van der Waals surface area (Å²) in [7, 11) is 1.68. The number of aryl methyl sites for hydroxylation is 2. The molecule has 276 valence electrons. The lowest BCUT2D eigenvalue weighted by Gasteiger charge is -2.40. The number of hydrogen-bond donors (Lipinski definition) is 0. The lowest BCUT2D eigenvalue weighted by Crippen LogP contribution is -2.51. The lowest BCUT2D eigenvalue weighted by molar-refractivity contribution is -0.139. The maximum atomic E-state index is 14.6. The molecular weight excluding hydrogens is 715 g/mol. The molecule has 0 bridgehead atoms. The van der Waals surface area contributed by atoms with Gasteiger partial charge in [-0.1, -0.05) is 40.9 Å². The Morgan fingerprint density at radius 1 is 0.941 bits per heavy atom. The van der Waals surface area contributed by atoms with E-state index in [1.807, 2.05) is 44.7 Å². The second kappa shape index (κ2) is 17.5. The van der Waals surface area contributed by atoms with Crippen molar-refractivity contribution in [3.05, 3.63) is 80.2 Å². The number of methoxy groups -OCH3 is 1. The summed E-state index contributed by atoms with van der Waals surface area (Å²) in [5.74, 6) is 0.129. The minimum atomic E-state index is -0.657. The normalized spacial score (nSPS) is 17.6. The third kappa shape index (κ3) is 10.9. The van der Waals surface area contributed by atoms with Crippen LogP contribution < -0.4 is 9.47 Å². The molecule has 3 heterocycles. The third-order valence-electron chi connectivity index (χ3n) is 8.88. The molecule has 0 radical (unpaired) electrons. The van der Waals surface area contributed by atoms with Gasteiger partial charge in [-0.15, -0.1) is 0 Å². The number of carbonyl (C=O) groups excluding carboxylic acids is 2. The van der Waals surface area contributed by atoms with Gasteiger partial charge >= 0.3 is 6.09 Å². The maximum absolute atomic E-state index is 14.6. The Labute approximate surface area is 315 Å². The van der Waals surface area contributed by atoms with E-state index in [4.69, 9.17) is 53.8 Å². The highest BCUT2D eigenvalue weighted by molar-refractivity contribution is 6.37. The lowest BCUT2D eigenvalue weighted by atomic mass is 9.80. The van der Waals surface area contributed by atoms with Crippen molar-refractivity contribution in [2.75, 3.05) is 40.0 Å². The van der Waals surface area contributed by atoms with Crippen LogP contribution in [0.2, 0.25) is 15.1 Å². The zero-order chi connectivity index (χ0) is 36.7. The van der Waals surface area contributed by atoms with Crippen LogP contribution in [0.3, 0.4) is 0 Å². The minimum Gasteiger partial charge on any atom is -0.487 e. The highest BCUT2D eigenvalue weighted by Crippen LogP contribution is 2.39. The van der Waals surface area contributed by atoms with Crippen molar-refractivity contribution in [1.29, 1.82) is 0 Å². The van der Waals surface area contributed by atoms with Gasteiger partial charge in [-0.2, -0.15) is 0 Å². The molecule has 51 heavy (non-hydrogen) atoms. The number of aromatic nitrogens is 2. The third-order valence-corrected chi connectivity index (χ3v) is 9.78. The van der Waals surface area contributed by atoms with E-state index in [0.29, 0.717) is 52.8 Å². The summed E-state index contributed by atoms with van der Waals surface area (Å²) >= 11 is 19.2. The monoisotopic (exact) mass is 760 g/mol. The van der Waals surface area contributed by atoms with Crippen LogP contribution in [-0.2, 0) is 27.2 Å². The van der Waals surface area contributed by atoms with Gasteiger partial charge in [0.1, 0.15) is 18.8 Å². The number of rotatable bonds is 14. The largest absolute Gasteiger partial charge is 0.487 e. The zero-order valence-corrected chi connectivity index (χ0v) is 32.2. The molecule has 1 aliphatic carbocycles. The zero-order valence-electron chi connectivity index (χ0n) is 29.9. The van der Waals surface area contributed by atoms with Gasteiger partial charge in [0.25, 0.3) is 0 Å². The van der Waals surface area contributed by atoms with E-state index in [0.717, 1.165) is 48.1 Å². The van der Waals surface area contributed by atoms with E-state index in [9.17, 15) is 9.59 Å². The summed E-state index contributed by atoms with van der Waals surface area (Å²) in [4.78, 5) is 40.5. The number of hydrogen-bond acceptors (Lipinski definition) is 8. The molecule has 2 aliphatic rings. The fourth-order valence-electron chi connectivity index (χ4n) is 6.26. The summed E-state index contributed by atoms with van der Waals surface area (Å²) in [5, 5.41) is 1.40. The summed E-state index contributed by atoms with van der Waals surface area (Å²) in [6.07, 6.45) is 6.99. The summed E-state index contributed by atoms with van der Waals surface area (Å²) < 4.78 is 22.5. The molecule has 0 spiro atoms. The Kier molecular flexibility index (Phi) is 13.3. The second-order valence-electron chi connectivity index (χ2n) is 14.2. The second-order valence-corrected chi connectivity index (χ2v) is 15.4. The summed E-state index contributed by atoms with van der Waals surface area (Å²) in [6.45, 7) is 9.56. The van der Waals surface area contributed by atoms with Gasteiger partial charge in [-0.25, -0.2) is 9.78 Å². The molecule has 1 aromatic carbocycles. The van der Waals surface area contributed by atoms with Crippen molar-refractivity contribution >= 4 is 46.8 Å². The van der Waals surface area contributed by atoms with Crippen molar-refractivity contribution < 1.29 is 28.5 Å². The van der Waals surface area contributed by atoms with Crippen LogP contribution in [0.1, 0.15) is 74.8 Å². The first-order chi connectivity index (χ1) is 24.3. The molecule has 2 atom stereocenters. The van der Waals surface area contributed by atoms with Crippen LogP contribution in [0.5, 0.6) is 11.6 Å². The Balaban J connectivity index is 1.31. The first kappa shape index (κ1) is 38.9. The molecule has 5 rings (SSSR count). The summed E-state index contributed by atoms with van der Waals surface area (Å²) in [6, 6.07) is 9.42. The number of nitrogens with zero attached hydrogens (tertiary/aromatic N) is 4. The molecule has 13 heteroatoms. The Morgan fingerprint density at radius 3 is 2.31 bits per heavy atom. The van der Waals surface area contributed by atoms with E-state index >= 15 is 0 Å². The smallest absolute Gasteiger partial charge is 0.410 e. The molecule has 0 unspecified atom stereocenters. The molecule has 0 N–H and O–H groups in total. The predicted molar refractivity (Wildman–Crippen MR) is 198 cm³/mol. The summed E-state index contributed by atoms with van der Waals surface area (Å²) in [5.41, 5.74) is 2.95. The topological polar surface area (TPSA) is 103 Å². The Morgan fingerprint density at radius 2 is 1.67 bits per heavy atom. The number of piperidine rings is 1. The number of halogens is 3. The standard InChI is InChI=1S/C38H47Cl3N4O6/c1-24-17-31(39)35(32(40)18-24)50-16-15-49-34-11-8-25(20-43-34)29-12-13-44(37(47)51-38(2,3)4)23-30(29)36(46)45(28-9-10-28)22-26-19-27(7-6-14-48-5)42-21-33(26)41/h8,11,17-21,28-30H,6-7,9-10,12-16,22-23H2,1-5H3/t29-,30+/m1/s1. The van der Waals surface area contributed by atoms with Crippen LogP contribution in [0.25, 0.3) is 0 Å². The van der Waals surface area contributed by atoms with Crippen molar-refractivity contribution in [2.45, 2.75) is 83.9 Å². The van der Waals surface area contributed by atoms with Gasteiger partial charge < -0.3 is 28.7 Å². The Hall–Kier alpha value is -3.31. The van der Waals surface area contributed by atoms with E-state index in [-0.39, 0.29) is 37.6 Å². The van der Waals surface area contributed by atoms with Crippen LogP contribution in [-0.4, -0.2) is 83.4 Å². The molecule has 3 aromatic rings. The number of carbonyl (C=O) groups is 2.